The molecule has 0 aromatic carbocycles. The van der Waals surface area contributed by atoms with Crippen LogP contribution >= 0.6 is 0 Å². The maximum Gasteiger partial charge on any atom is 0.00982 e. The van der Waals surface area contributed by atoms with Gasteiger partial charge in [-0.25, -0.2) is 0 Å². The molecule has 0 radical (unpaired) electrons. The molecule has 1 spiro atoms. The summed E-state index contributed by atoms with van der Waals surface area (Å²) in [6, 6.07) is 1.57. The third kappa shape index (κ3) is 5.04. The molecule has 0 atom stereocenters. The average Bonchev–Trinajstić information content (AvgIpc) is 2.66. The molecule has 2 aliphatic carbocycles. The molecule has 0 aromatic heterocycles. The van der Waals surface area contributed by atoms with Crippen LogP contribution in [0, 0.1) is 17.3 Å². The molecule has 0 amide bonds. The Bertz CT molecular complexity index is 392. The van der Waals surface area contributed by atoms with Gasteiger partial charge < -0.3 is 4.90 Å². The summed E-state index contributed by atoms with van der Waals surface area (Å²) in [5.74, 6) is 2.05. The molecule has 0 aromatic rings. The third-order valence-corrected chi connectivity index (χ3v) is 8.49. The summed E-state index contributed by atoms with van der Waals surface area (Å²) in [7, 11) is 0. The molecule has 0 bridgehead atoms. The van der Waals surface area contributed by atoms with E-state index in [-0.39, 0.29) is 0 Å². The van der Waals surface area contributed by atoms with Crippen LogP contribution < -0.4 is 0 Å². The predicted molar refractivity (Wildman–Crippen MR) is 114 cm³/mol. The van der Waals surface area contributed by atoms with Crippen LogP contribution in [0.25, 0.3) is 0 Å². The van der Waals surface area contributed by atoms with Gasteiger partial charge in [0.2, 0.25) is 0 Å². The highest BCUT2D eigenvalue weighted by atomic mass is 15.2. The Kier molecular flexibility index (Phi) is 7.48. The molecule has 0 N–H and O–H groups in total. The Morgan fingerprint density at radius 2 is 1.42 bits per heavy atom. The summed E-state index contributed by atoms with van der Waals surface area (Å²) in [6.45, 7) is 14.9. The van der Waals surface area contributed by atoms with Gasteiger partial charge in [-0.3, -0.25) is 4.90 Å². The van der Waals surface area contributed by atoms with Crippen LogP contribution in [-0.4, -0.2) is 48.1 Å². The second-order valence-corrected chi connectivity index (χ2v) is 10.3. The molecule has 3 aliphatic rings. The van der Waals surface area contributed by atoms with E-state index in [4.69, 9.17) is 0 Å². The average molecular weight is 363 g/mol. The summed E-state index contributed by atoms with van der Waals surface area (Å²) >= 11 is 0. The molecule has 1 aliphatic heterocycles. The van der Waals surface area contributed by atoms with Crippen molar-refractivity contribution in [2.75, 3.05) is 26.2 Å². The number of piperidine rings is 1. The second kappa shape index (κ2) is 9.41. The Balaban J connectivity index is 1.40. The van der Waals surface area contributed by atoms with Crippen molar-refractivity contribution in [2.24, 2.45) is 17.3 Å². The van der Waals surface area contributed by atoms with Crippen LogP contribution in [-0.2, 0) is 0 Å². The van der Waals surface area contributed by atoms with E-state index in [1.807, 2.05) is 0 Å². The first-order valence-electron chi connectivity index (χ1n) is 12.0. The van der Waals surface area contributed by atoms with Crippen molar-refractivity contribution in [2.45, 2.75) is 110 Å². The fourth-order valence-corrected chi connectivity index (χ4v) is 6.49. The van der Waals surface area contributed by atoms with Gasteiger partial charge in [-0.2, -0.15) is 0 Å². The van der Waals surface area contributed by atoms with Gasteiger partial charge in [0, 0.05) is 18.6 Å². The Labute approximate surface area is 164 Å². The van der Waals surface area contributed by atoms with Gasteiger partial charge in [0.05, 0.1) is 0 Å². The van der Waals surface area contributed by atoms with Crippen molar-refractivity contribution in [3.8, 4) is 0 Å². The van der Waals surface area contributed by atoms with E-state index in [0.717, 1.165) is 17.9 Å². The van der Waals surface area contributed by atoms with E-state index >= 15 is 0 Å². The van der Waals surface area contributed by atoms with E-state index in [1.54, 1.807) is 0 Å². The minimum absolute atomic E-state index is 0.712. The summed E-state index contributed by atoms with van der Waals surface area (Å²) in [5.41, 5.74) is 0.712. The summed E-state index contributed by atoms with van der Waals surface area (Å²) < 4.78 is 0. The molecule has 2 nitrogen and oxygen atoms in total. The lowest BCUT2D eigenvalue weighted by atomic mass is 9.66. The SMILES string of the molecule is CCC1CCC(CN2CCC3(CCC(N(CC)C(C)C)CC3)CC2)CC1. The molecule has 2 heteroatoms. The first-order chi connectivity index (χ1) is 12.5. The largest absolute Gasteiger partial charge is 0.303 e. The zero-order valence-corrected chi connectivity index (χ0v) is 18.3. The highest BCUT2D eigenvalue weighted by Crippen LogP contribution is 2.46. The highest BCUT2D eigenvalue weighted by Gasteiger charge is 2.39. The van der Waals surface area contributed by atoms with Gasteiger partial charge in [0.1, 0.15) is 0 Å². The lowest BCUT2D eigenvalue weighted by Crippen LogP contribution is -2.48. The molecule has 152 valence electrons. The molecule has 26 heavy (non-hydrogen) atoms. The molecular formula is C24H46N2. The maximum atomic E-state index is 2.83. The molecular weight excluding hydrogens is 316 g/mol. The predicted octanol–water partition coefficient (Wildman–Crippen LogP) is 5.96. The lowest BCUT2D eigenvalue weighted by Gasteiger charge is -2.49. The maximum absolute atomic E-state index is 2.83. The highest BCUT2D eigenvalue weighted by molar-refractivity contribution is 4.93. The number of rotatable bonds is 6. The minimum atomic E-state index is 0.712. The fourth-order valence-electron chi connectivity index (χ4n) is 6.49. The van der Waals surface area contributed by atoms with Crippen LogP contribution in [0.4, 0.5) is 0 Å². The zero-order chi connectivity index (χ0) is 18.6. The smallest absolute Gasteiger partial charge is 0.00982 e. The standard InChI is InChI=1S/C24H46N2/c1-5-21-7-9-22(10-8-21)19-25-17-15-24(16-18-25)13-11-23(12-14-24)26(6-2)20(3)4/h20-23H,5-19H2,1-4H3. The van der Waals surface area contributed by atoms with Crippen molar-refractivity contribution in [3.05, 3.63) is 0 Å². The molecule has 3 rings (SSSR count). The van der Waals surface area contributed by atoms with E-state index < -0.39 is 0 Å². The number of nitrogens with zero attached hydrogens (tertiary/aromatic N) is 2. The number of likely N-dealkylation sites (tertiary alicyclic amines) is 1. The summed E-state index contributed by atoms with van der Waals surface area (Å²) in [6.07, 6.45) is 16.3. The molecule has 1 heterocycles. The third-order valence-electron chi connectivity index (χ3n) is 8.49. The van der Waals surface area contributed by atoms with E-state index in [1.165, 1.54) is 96.8 Å². The van der Waals surface area contributed by atoms with Crippen LogP contribution in [0.5, 0.6) is 0 Å². The normalized spacial score (nSPS) is 31.2. The van der Waals surface area contributed by atoms with Gasteiger partial charge in [-0.1, -0.05) is 33.1 Å². The van der Waals surface area contributed by atoms with E-state index in [0.29, 0.717) is 11.5 Å². The quantitative estimate of drug-likeness (QED) is 0.575. The van der Waals surface area contributed by atoms with Crippen LogP contribution in [0.15, 0.2) is 0 Å². The fraction of sp³-hybridized carbons (Fsp3) is 1.00. The van der Waals surface area contributed by atoms with Gasteiger partial charge in [0.15, 0.2) is 0 Å². The van der Waals surface area contributed by atoms with Crippen molar-refractivity contribution < 1.29 is 0 Å². The Morgan fingerprint density at radius 3 is 1.92 bits per heavy atom. The lowest BCUT2D eigenvalue weighted by molar-refractivity contribution is 0.0195. The molecule has 3 fully saturated rings. The minimum Gasteiger partial charge on any atom is -0.303 e. The molecule has 1 saturated heterocycles. The zero-order valence-electron chi connectivity index (χ0n) is 18.3. The van der Waals surface area contributed by atoms with Crippen molar-refractivity contribution >= 4 is 0 Å². The monoisotopic (exact) mass is 362 g/mol. The van der Waals surface area contributed by atoms with Crippen molar-refractivity contribution in [1.82, 2.24) is 9.80 Å². The number of hydrogen-bond acceptors (Lipinski definition) is 2. The van der Waals surface area contributed by atoms with E-state index in [2.05, 4.69) is 37.5 Å². The van der Waals surface area contributed by atoms with Crippen molar-refractivity contribution in [3.63, 3.8) is 0 Å². The molecule has 0 unspecified atom stereocenters. The van der Waals surface area contributed by atoms with Crippen LogP contribution in [0.1, 0.15) is 98.3 Å². The molecule has 2 saturated carbocycles. The van der Waals surface area contributed by atoms with Gasteiger partial charge in [-0.15, -0.1) is 0 Å². The van der Waals surface area contributed by atoms with Crippen LogP contribution in [0.3, 0.4) is 0 Å². The Morgan fingerprint density at radius 1 is 0.846 bits per heavy atom. The van der Waals surface area contributed by atoms with Gasteiger partial charge in [0.25, 0.3) is 0 Å². The van der Waals surface area contributed by atoms with Crippen molar-refractivity contribution in [1.29, 1.82) is 0 Å². The number of hydrogen-bond donors (Lipinski definition) is 0. The van der Waals surface area contributed by atoms with E-state index in [9.17, 15) is 0 Å². The summed E-state index contributed by atoms with van der Waals surface area (Å²) in [5, 5.41) is 0. The first kappa shape index (κ1) is 20.6. The summed E-state index contributed by atoms with van der Waals surface area (Å²) in [4.78, 5) is 5.58. The topological polar surface area (TPSA) is 6.48 Å². The Hall–Kier alpha value is -0.0800. The van der Waals surface area contributed by atoms with Gasteiger partial charge in [-0.05, 0) is 102 Å². The second-order valence-electron chi connectivity index (χ2n) is 10.3. The van der Waals surface area contributed by atoms with Crippen LogP contribution in [0.2, 0.25) is 0 Å². The first-order valence-corrected chi connectivity index (χ1v) is 12.0. The van der Waals surface area contributed by atoms with Gasteiger partial charge >= 0.3 is 0 Å².